The molecule has 0 unspecified atom stereocenters. The first-order valence-corrected chi connectivity index (χ1v) is 9.68. The zero-order chi connectivity index (χ0) is 22.2. The van der Waals surface area contributed by atoms with Crippen molar-refractivity contribution >= 4 is 11.6 Å². The molecule has 0 spiro atoms. The Labute approximate surface area is 174 Å². The van der Waals surface area contributed by atoms with E-state index in [1.54, 1.807) is 0 Å². The highest BCUT2D eigenvalue weighted by Crippen LogP contribution is 2.55. The second kappa shape index (κ2) is 8.05. The maximum Gasteiger partial charge on any atom is 0.416 e. The quantitative estimate of drug-likeness (QED) is 0.470. The number of piperidine rings is 1. The number of benzene rings is 2. The van der Waals surface area contributed by atoms with Crippen LogP contribution in [0.15, 0.2) is 48.5 Å². The van der Waals surface area contributed by atoms with Crippen molar-refractivity contribution in [3.8, 4) is 0 Å². The molecule has 1 aliphatic heterocycles. The Morgan fingerprint density at radius 3 is 1.37 bits per heavy atom. The lowest BCUT2D eigenvalue weighted by atomic mass is 9.63. The summed E-state index contributed by atoms with van der Waals surface area (Å²) in [7, 11) is 0. The molecule has 2 aromatic rings. The van der Waals surface area contributed by atoms with Gasteiger partial charge in [-0.2, -0.15) is 26.3 Å². The summed E-state index contributed by atoms with van der Waals surface area (Å²) < 4.78 is 78.0. The van der Waals surface area contributed by atoms with Crippen LogP contribution in [0.5, 0.6) is 0 Å². The number of rotatable bonds is 4. The van der Waals surface area contributed by atoms with Gasteiger partial charge in [-0.25, -0.2) is 0 Å². The molecule has 1 saturated heterocycles. The highest BCUT2D eigenvalue weighted by molar-refractivity contribution is 6.26. The first-order valence-electron chi connectivity index (χ1n) is 9.30. The topological polar surface area (TPSA) is 32.3 Å². The van der Waals surface area contributed by atoms with Crippen LogP contribution in [0.2, 0.25) is 0 Å². The first kappa shape index (κ1) is 22.9. The number of halogens is 7. The van der Waals surface area contributed by atoms with Gasteiger partial charge < -0.3 is 10.4 Å². The van der Waals surface area contributed by atoms with Crippen molar-refractivity contribution < 1.29 is 31.4 Å². The summed E-state index contributed by atoms with van der Waals surface area (Å²) >= 11 is 7.11. The minimum absolute atomic E-state index is 0.285. The molecule has 9 heteroatoms. The van der Waals surface area contributed by atoms with E-state index in [-0.39, 0.29) is 17.7 Å². The van der Waals surface area contributed by atoms with Crippen LogP contribution >= 0.6 is 11.6 Å². The van der Waals surface area contributed by atoms with Gasteiger partial charge in [0.25, 0.3) is 0 Å². The normalized spacial score (nSPS) is 17.7. The number of alkyl halides is 7. The maximum absolute atomic E-state index is 13.0. The fraction of sp³-hybridized carbons (Fsp3) is 0.429. The fourth-order valence-electron chi connectivity index (χ4n) is 4.07. The van der Waals surface area contributed by atoms with Crippen LogP contribution in [0.4, 0.5) is 26.3 Å². The average Bonchev–Trinajstić information content (AvgIpc) is 2.72. The summed E-state index contributed by atoms with van der Waals surface area (Å²) in [6.45, 7) is 0.646. The highest BCUT2D eigenvalue weighted by Gasteiger charge is 2.53. The van der Waals surface area contributed by atoms with Gasteiger partial charge in [-0.3, -0.25) is 0 Å². The van der Waals surface area contributed by atoms with E-state index in [1.165, 1.54) is 24.3 Å². The van der Waals surface area contributed by atoms with Gasteiger partial charge in [0.15, 0.2) is 0 Å². The summed E-state index contributed by atoms with van der Waals surface area (Å²) in [4.78, 5) is -1.52. The van der Waals surface area contributed by atoms with Crippen LogP contribution in [0.3, 0.4) is 0 Å². The molecule has 0 saturated carbocycles. The van der Waals surface area contributed by atoms with Gasteiger partial charge in [0.1, 0.15) is 4.87 Å². The third kappa shape index (κ3) is 4.05. The van der Waals surface area contributed by atoms with E-state index in [2.05, 4.69) is 5.32 Å². The van der Waals surface area contributed by atoms with Crippen molar-refractivity contribution in [1.29, 1.82) is 0 Å². The van der Waals surface area contributed by atoms with Crippen molar-refractivity contribution in [2.24, 2.45) is 5.41 Å². The van der Waals surface area contributed by atoms with Gasteiger partial charge in [0.05, 0.1) is 17.7 Å². The van der Waals surface area contributed by atoms with Crippen LogP contribution in [0.25, 0.3) is 0 Å². The van der Waals surface area contributed by atoms with E-state index in [1.807, 2.05) is 0 Å². The second-order valence-corrected chi connectivity index (χ2v) is 8.06. The molecule has 1 heterocycles. The highest BCUT2D eigenvalue weighted by atomic mass is 35.5. The molecule has 2 N–H and O–H groups in total. The van der Waals surface area contributed by atoms with Crippen LogP contribution < -0.4 is 5.32 Å². The summed E-state index contributed by atoms with van der Waals surface area (Å²) in [5.41, 5.74) is -2.12. The van der Waals surface area contributed by atoms with Crippen LogP contribution in [-0.4, -0.2) is 24.8 Å². The Balaban J connectivity index is 2.16. The van der Waals surface area contributed by atoms with E-state index >= 15 is 0 Å². The average molecular weight is 452 g/mol. The molecule has 3 rings (SSSR count). The van der Waals surface area contributed by atoms with Crippen molar-refractivity contribution in [2.75, 3.05) is 19.7 Å². The third-order valence-corrected chi connectivity index (χ3v) is 6.65. The Bertz CT molecular complexity index is 798. The molecular weight excluding hydrogens is 432 g/mol. The number of aliphatic hydroxyl groups is 1. The SMILES string of the molecule is OCC1(C(Cl)(c2ccc(C(F)(F)F)cc2)c2ccc(C(F)(F)F)cc2)CCNCC1. The molecule has 0 atom stereocenters. The van der Waals surface area contributed by atoms with Gasteiger partial charge in [-0.15, -0.1) is 11.6 Å². The van der Waals surface area contributed by atoms with Crippen molar-refractivity contribution in [2.45, 2.75) is 30.1 Å². The molecule has 2 nitrogen and oxygen atoms in total. The van der Waals surface area contributed by atoms with E-state index in [0.29, 0.717) is 25.9 Å². The molecule has 0 aliphatic carbocycles. The van der Waals surface area contributed by atoms with Crippen LogP contribution in [0.1, 0.15) is 35.1 Å². The van der Waals surface area contributed by atoms with E-state index in [0.717, 1.165) is 24.3 Å². The summed E-state index contributed by atoms with van der Waals surface area (Å²) in [5, 5.41) is 13.4. The second-order valence-electron chi connectivity index (χ2n) is 7.50. The molecule has 0 radical (unpaired) electrons. The molecule has 0 amide bonds. The standard InChI is InChI=1S/C21H20ClF6NO/c22-19(18(13-30)9-11-29-12-10-18,14-1-5-16(6-2-14)20(23,24)25)15-3-7-17(8-4-15)21(26,27)28/h1-8,29-30H,9-13H2. The lowest BCUT2D eigenvalue weighted by molar-refractivity contribution is -0.138. The lowest BCUT2D eigenvalue weighted by Gasteiger charge is -2.49. The molecule has 1 aliphatic rings. The Hall–Kier alpha value is -1.77. The number of nitrogens with one attached hydrogen (secondary N) is 1. The predicted molar refractivity (Wildman–Crippen MR) is 101 cm³/mol. The molecule has 30 heavy (non-hydrogen) atoms. The van der Waals surface area contributed by atoms with Crippen molar-refractivity contribution in [1.82, 2.24) is 5.32 Å². The molecule has 2 aromatic carbocycles. The molecule has 1 fully saturated rings. The Kier molecular flexibility index (Phi) is 6.15. The minimum atomic E-state index is -4.54. The van der Waals surface area contributed by atoms with E-state index < -0.39 is 33.8 Å². The van der Waals surface area contributed by atoms with E-state index in [9.17, 15) is 31.4 Å². The molecule has 0 bridgehead atoms. The van der Waals surface area contributed by atoms with Gasteiger partial charge in [0.2, 0.25) is 0 Å². The van der Waals surface area contributed by atoms with Gasteiger partial charge in [-0.1, -0.05) is 24.3 Å². The maximum atomic E-state index is 13.0. The Morgan fingerprint density at radius 1 is 0.733 bits per heavy atom. The smallest absolute Gasteiger partial charge is 0.396 e. The monoisotopic (exact) mass is 451 g/mol. The summed E-state index contributed by atoms with van der Waals surface area (Å²) in [5.74, 6) is 0. The summed E-state index contributed by atoms with van der Waals surface area (Å²) in [6.07, 6.45) is -8.28. The van der Waals surface area contributed by atoms with Crippen molar-refractivity contribution in [3.63, 3.8) is 0 Å². The molecule has 164 valence electrons. The molecular formula is C21H20ClF6NO. The zero-order valence-corrected chi connectivity index (χ0v) is 16.5. The summed E-state index contributed by atoms with van der Waals surface area (Å²) in [6, 6.07) is 8.48. The third-order valence-electron chi connectivity index (χ3n) is 5.81. The first-order chi connectivity index (χ1) is 13.9. The number of aliphatic hydroxyl groups excluding tert-OH is 1. The van der Waals surface area contributed by atoms with Crippen LogP contribution in [0, 0.1) is 5.41 Å². The van der Waals surface area contributed by atoms with Gasteiger partial charge >= 0.3 is 12.4 Å². The van der Waals surface area contributed by atoms with Crippen LogP contribution in [-0.2, 0) is 17.2 Å². The zero-order valence-electron chi connectivity index (χ0n) is 15.7. The number of hydrogen-bond donors (Lipinski definition) is 2. The lowest BCUT2D eigenvalue weighted by Crippen LogP contribution is -2.51. The van der Waals surface area contributed by atoms with Gasteiger partial charge in [-0.05, 0) is 61.3 Å². The van der Waals surface area contributed by atoms with Gasteiger partial charge in [0, 0.05) is 5.41 Å². The fourth-order valence-corrected chi connectivity index (χ4v) is 4.57. The number of hydrogen-bond acceptors (Lipinski definition) is 2. The molecule has 0 aromatic heterocycles. The van der Waals surface area contributed by atoms with E-state index in [4.69, 9.17) is 11.6 Å². The minimum Gasteiger partial charge on any atom is -0.396 e. The van der Waals surface area contributed by atoms with Crippen molar-refractivity contribution in [3.05, 3.63) is 70.8 Å². The largest absolute Gasteiger partial charge is 0.416 e. The predicted octanol–water partition coefficient (Wildman–Crippen LogP) is 5.57. The Morgan fingerprint density at radius 2 is 1.07 bits per heavy atom.